The standard InChI is InChI=1S/C28H48O8Si/c1-10-37(11-2,12-3)36-17-14-28(32)24(30)22-26(7,18(33-8)13-19-27(22,31)15-35-19)23(29)21(34-9)20(16(17)4)25(28,5)6/h17-19,21-22,24,30-32H,10-15H2,1-9H3/t17-,18-,19+,21+,22-,24-,26+,27-,28+/m0/s1. The Balaban J connectivity index is 1.98. The van der Waals surface area contributed by atoms with Crippen LogP contribution < -0.4 is 0 Å². The van der Waals surface area contributed by atoms with Crippen LogP contribution in [0.15, 0.2) is 11.1 Å². The average molecular weight is 541 g/mol. The normalized spacial score (nSPS) is 45.5. The number of ether oxygens (including phenoxy) is 3. The fourth-order valence-corrected chi connectivity index (χ4v) is 11.2. The van der Waals surface area contributed by atoms with Gasteiger partial charge in [0.2, 0.25) is 0 Å². The molecule has 0 spiro atoms. The number of rotatable bonds is 7. The summed E-state index contributed by atoms with van der Waals surface area (Å²) in [6, 6.07) is 2.81. The van der Waals surface area contributed by atoms with E-state index < -0.39 is 66.8 Å². The Morgan fingerprint density at radius 1 is 1.05 bits per heavy atom. The number of carbonyl (C=O) groups excluding carboxylic acids is 1. The minimum absolute atomic E-state index is 0.00790. The zero-order valence-electron chi connectivity index (χ0n) is 24.1. The van der Waals surface area contributed by atoms with E-state index in [2.05, 4.69) is 20.8 Å². The zero-order valence-corrected chi connectivity index (χ0v) is 25.1. The lowest BCUT2D eigenvalue weighted by molar-refractivity contribution is -0.346. The maximum Gasteiger partial charge on any atom is 0.192 e. The molecule has 1 heterocycles. The maximum atomic E-state index is 14.6. The van der Waals surface area contributed by atoms with Gasteiger partial charge in [0.1, 0.15) is 17.3 Å². The molecular weight excluding hydrogens is 492 g/mol. The Bertz CT molecular complexity index is 938. The molecule has 2 saturated carbocycles. The molecule has 0 aromatic carbocycles. The molecule has 9 atom stereocenters. The fourth-order valence-electron chi connectivity index (χ4n) is 8.31. The Morgan fingerprint density at radius 3 is 2.11 bits per heavy atom. The number of aliphatic hydroxyl groups is 3. The predicted molar refractivity (Wildman–Crippen MR) is 142 cm³/mol. The third-order valence-corrected chi connectivity index (χ3v) is 15.8. The number of hydrogen-bond donors (Lipinski definition) is 3. The Labute approximate surface area is 222 Å². The largest absolute Gasteiger partial charge is 0.410 e. The van der Waals surface area contributed by atoms with Gasteiger partial charge in [-0.2, -0.15) is 0 Å². The van der Waals surface area contributed by atoms with Crippen LogP contribution in [0.3, 0.4) is 0 Å². The molecule has 3 aliphatic carbocycles. The van der Waals surface area contributed by atoms with E-state index in [1.54, 1.807) is 6.92 Å². The van der Waals surface area contributed by atoms with Gasteiger partial charge in [0.15, 0.2) is 14.1 Å². The molecule has 4 rings (SSSR count). The van der Waals surface area contributed by atoms with Crippen LogP contribution >= 0.6 is 0 Å². The summed E-state index contributed by atoms with van der Waals surface area (Å²) in [6.07, 6.45) is -3.60. The minimum Gasteiger partial charge on any atom is -0.410 e. The number of methoxy groups -OCH3 is 2. The Morgan fingerprint density at radius 2 is 1.65 bits per heavy atom. The van der Waals surface area contributed by atoms with Crippen molar-refractivity contribution in [1.29, 1.82) is 0 Å². The summed E-state index contributed by atoms with van der Waals surface area (Å²) in [5.74, 6) is -1.27. The van der Waals surface area contributed by atoms with Crippen LogP contribution in [0.5, 0.6) is 0 Å². The van der Waals surface area contributed by atoms with Gasteiger partial charge in [-0.3, -0.25) is 4.79 Å². The Hall–Kier alpha value is -0.653. The van der Waals surface area contributed by atoms with Gasteiger partial charge in [-0.05, 0) is 43.1 Å². The van der Waals surface area contributed by atoms with E-state index >= 15 is 0 Å². The molecule has 0 amide bonds. The lowest BCUT2D eigenvalue weighted by Crippen LogP contribution is -2.80. The van der Waals surface area contributed by atoms with E-state index in [-0.39, 0.29) is 18.8 Å². The molecule has 3 N–H and O–H groups in total. The number of carbonyl (C=O) groups is 1. The molecule has 0 aromatic rings. The van der Waals surface area contributed by atoms with Crippen LogP contribution in [0.4, 0.5) is 0 Å². The minimum atomic E-state index is -2.11. The Kier molecular flexibility index (Phi) is 7.51. The summed E-state index contributed by atoms with van der Waals surface area (Å²) in [6.45, 7) is 13.9. The van der Waals surface area contributed by atoms with Crippen LogP contribution in [-0.4, -0.2) is 92.0 Å². The highest BCUT2D eigenvalue weighted by atomic mass is 28.4. The molecule has 9 heteroatoms. The molecule has 1 aliphatic heterocycles. The van der Waals surface area contributed by atoms with Crippen molar-refractivity contribution in [2.45, 2.75) is 121 Å². The lowest BCUT2D eigenvalue weighted by Gasteiger charge is -2.67. The van der Waals surface area contributed by atoms with Gasteiger partial charge in [-0.15, -0.1) is 0 Å². The number of fused-ring (bicyclic) bond motifs is 5. The maximum absolute atomic E-state index is 14.6. The summed E-state index contributed by atoms with van der Waals surface area (Å²) in [4.78, 5) is 14.6. The van der Waals surface area contributed by atoms with Gasteiger partial charge in [-0.1, -0.05) is 34.6 Å². The van der Waals surface area contributed by atoms with Gasteiger partial charge in [-0.25, -0.2) is 0 Å². The highest BCUT2D eigenvalue weighted by Gasteiger charge is 2.75. The summed E-state index contributed by atoms with van der Waals surface area (Å²) < 4.78 is 24.5. The van der Waals surface area contributed by atoms with Crippen molar-refractivity contribution in [3.63, 3.8) is 0 Å². The van der Waals surface area contributed by atoms with Gasteiger partial charge >= 0.3 is 0 Å². The summed E-state index contributed by atoms with van der Waals surface area (Å²) in [5, 5.41) is 36.8. The topological polar surface area (TPSA) is 115 Å². The van der Waals surface area contributed by atoms with Crippen LogP contribution in [0.1, 0.15) is 61.3 Å². The van der Waals surface area contributed by atoms with Gasteiger partial charge in [0.05, 0.1) is 36.4 Å². The molecule has 0 aromatic heterocycles. The number of Topliss-reactive ketones (excluding diaryl/α,β-unsaturated/α-hetero) is 1. The first-order valence-corrected chi connectivity index (χ1v) is 16.4. The van der Waals surface area contributed by atoms with E-state index in [9.17, 15) is 20.1 Å². The highest BCUT2D eigenvalue weighted by Crippen LogP contribution is 2.63. The molecule has 3 fully saturated rings. The van der Waals surface area contributed by atoms with Crippen molar-refractivity contribution in [1.82, 2.24) is 0 Å². The molecule has 8 nitrogen and oxygen atoms in total. The van der Waals surface area contributed by atoms with Crippen LogP contribution in [0, 0.1) is 16.7 Å². The third-order valence-electron chi connectivity index (χ3n) is 11.2. The SMILES string of the molecule is CC[Si](CC)(CC)O[C@H]1C[C@@]2(O)[C@@H](O)[C@@H]3[C@]4(O)CO[C@@H]4C[C@H](OC)[C@@]3(C)C(=O)[C@H](OC)C(=C1C)C2(C)C. The van der Waals surface area contributed by atoms with Crippen LogP contribution in [-0.2, 0) is 23.4 Å². The fraction of sp³-hybridized carbons (Fsp3) is 0.893. The van der Waals surface area contributed by atoms with Crippen molar-refractivity contribution < 1.29 is 38.8 Å². The average Bonchev–Trinajstić information content (AvgIpc) is 2.86. The summed E-state index contributed by atoms with van der Waals surface area (Å²) >= 11 is 0. The van der Waals surface area contributed by atoms with Crippen molar-refractivity contribution in [2.75, 3.05) is 20.8 Å². The zero-order chi connectivity index (χ0) is 27.8. The van der Waals surface area contributed by atoms with E-state index in [0.717, 1.165) is 23.7 Å². The van der Waals surface area contributed by atoms with Crippen LogP contribution in [0.25, 0.3) is 0 Å². The van der Waals surface area contributed by atoms with Crippen molar-refractivity contribution in [3.8, 4) is 0 Å². The van der Waals surface area contributed by atoms with Gasteiger partial charge in [0, 0.05) is 38.4 Å². The lowest BCUT2D eigenvalue weighted by atomic mass is 9.45. The second-order valence-corrected chi connectivity index (χ2v) is 17.4. The van der Waals surface area contributed by atoms with Gasteiger partial charge in [0.25, 0.3) is 0 Å². The second kappa shape index (κ2) is 9.47. The number of aliphatic hydroxyl groups excluding tert-OH is 1. The van der Waals surface area contributed by atoms with E-state index in [1.807, 2.05) is 20.8 Å². The summed E-state index contributed by atoms with van der Waals surface area (Å²) in [5.41, 5.74) is -3.96. The van der Waals surface area contributed by atoms with Crippen LogP contribution in [0.2, 0.25) is 18.1 Å². The second-order valence-electron chi connectivity index (χ2n) is 12.6. The van der Waals surface area contributed by atoms with Gasteiger partial charge < -0.3 is 34.0 Å². The van der Waals surface area contributed by atoms with E-state index in [1.165, 1.54) is 14.2 Å². The molecule has 0 radical (unpaired) electrons. The van der Waals surface area contributed by atoms with Crippen molar-refractivity contribution in [2.24, 2.45) is 16.7 Å². The number of ketones is 1. The molecule has 212 valence electrons. The summed E-state index contributed by atoms with van der Waals surface area (Å²) in [7, 11) is 0.937. The molecule has 2 bridgehead atoms. The molecule has 0 unspecified atom stereocenters. The van der Waals surface area contributed by atoms with Crippen molar-refractivity contribution >= 4 is 14.1 Å². The third kappa shape index (κ3) is 3.68. The first-order chi connectivity index (χ1) is 17.2. The first-order valence-electron chi connectivity index (χ1n) is 13.9. The molecule has 37 heavy (non-hydrogen) atoms. The first kappa shape index (κ1) is 29.3. The van der Waals surface area contributed by atoms with E-state index in [0.29, 0.717) is 12.0 Å². The van der Waals surface area contributed by atoms with E-state index in [4.69, 9.17) is 18.6 Å². The predicted octanol–water partition coefficient (Wildman–Crippen LogP) is 2.98. The molecule has 1 saturated heterocycles. The smallest absolute Gasteiger partial charge is 0.192 e. The molecule has 4 aliphatic rings. The number of hydrogen-bond acceptors (Lipinski definition) is 8. The van der Waals surface area contributed by atoms with Crippen molar-refractivity contribution in [3.05, 3.63) is 11.1 Å². The quantitative estimate of drug-likeness (QED) is 0.334. The monoisotopic (exact) mass is 540 g/mol. The highest BCUT2D eigenvalue weighted by molar-refractivity contribution is 6.73. The molecular formula is C28H48O8Si.